The van der Waals surface area contributed by atoms with Gasteiger partial charge in [0.1, 0.15) is 5.76 Å². The molecule has 0 aromatic rings. The van der Waals surface area contributed by atoms with Gasteiger partial charge < -0.3 is 10.8 Å². The van der Waals surface area contributed by atoms with Gasteiger partial charge in [-0.1, -0.05) is 6.08 Å². The van der Waals surface area contributed by atoms with E-state index in [1.54, 1.807) is 13.0 Å². The largest absolute Gasteiger partial charge is 0.506 e. The van der Waals surface area contributed by atoms with E-state index < -0.39 is 0 Å². The Bertz CT molecular complexity index is 152. The Labute approximate surface area is 55.7 Å². The molecule has 0 radical (unpaired) electrons. The first-order valence-corrected chi connectivity index (χ1v) is 2.88. The average molecular weight is 127 g/mol. The van der Waals surface area contributed by atoms with Crippen molar-refractivity contribution in [2.45, 2.75) is 20.8 Å². The van der Waals surface area contributed by atoms with Crippen molar-refractivity contribution >= 4 is 0 Å². The van der Waals surface area contributed by atoms with Gasteiger partial charge in [0.05, 0.1) is 5.70 Å². The van der Waals surface area contributed by atoms with Crippen molar-refractivity contribution in [3.63, 3.8) is 0 Å². The third kappa shape index (κ3) is 2.22. The number of aliphatic hydroxyl groups is 1. The van der Waals surface area contributed by atoms with Gasteiger partial charge in [0.2, 0.25) is 0 Å². The summed E-state index contributed by atoms with van der Waals surface area (Å²) in [6.45, 7) is 5.41. The summed E-state index contributed by atoms with van der Waals surface area (Å²) in [6, 6.07) is 0. The summed E-state index contributed by atoms with van der Waals surface area (Å²) >= 11 is 0. The topological polar surface area (TPSA) is 46.2 Å². The molecular formula is C7H13NO. The van der Waals surface area contributed by atoms with Crippen LogP contribution in [-0.4, -0.2) is 5.11 Å². The molecule has 0 saturated heterocycles. The lowest BCUT2D eigenvalue weighted by atomic mass is 10.2. The van der Waals surface area contributed by atoms with E-state index in [1.807, 2.05) is 13.8 Å². The second-order valence-corrected chi connectivity index (χ2v) is 2.09. The van der Waals surface area contributed by atoms with Gasteiger partial charge >= 0.3 is 0 Å². The summed E-state index contributed by atoms with van der Waals surface area (Å²) in [5.74, 6) is 0.192. The standard InChI is InChI=1S/C7H13NO/c1-4-6(8)7(9)5(2)3/h4,9H,8H2,1-3H3/b6-4+. The molecule has 0 aromatic carbocycles. The van der Waals surface area contributed by atoms with Crippen LogP contribution < -0.4 is 5.73 Å². The molecule has 0 bridgehead atoms. The maximum atomic E-state index is 9.08. The third-order valence-corrected chi connectivity index (χ3v) is 1.06. The van der Waals surface area contributed by atoms with Crippen molar-refractivity contribution in [1.29, 1.82) is 0 Å². The molecule has 0 spiro atoms. The van der Waals surface area contributed by atoms with Crippen LogP contribution in [0.3, 0.4) is 0 Å². The number of hydrogen-bond acceptors (Lipinski definition) is 2. The van der Waals surface area contributed by atoms with E-state index >= 15 is 0 Å². The van der Waals surface area contributed by atoms with Crippen LogP contribution in [-0.2, 0) is 0 Å². The predicted molar refractivity (Wildman–Crippen MR) is 38.9 cm³/mol. The van der Waals surface area contributed by atoms with E-state index in [0.717, 1.165) is 5.57 Å². The Balaban J connectivity index is 4.40. The molecule has 0 amide bonds. The second-order valence-electron chi connectivity index (χ2n) is 2.09. The Kier molecular flexibility index (Phi) is 2.85. The maximum absolute atomic E-state index is 9.08. The normalized spacial score (nSPS) is 11.2. The molecule has 0 aliphatic heterocycles. The van der Waals surface area contributed by atoms with Gasteiger partial charge in [-0.05, 0) is 26.3 Å². The van der Waals surface area contributed by atoms with Crippen molar-refractivity contribution in [2.75, 3.05) is 0 Å². The van der Waals surface area contributed by atoms with Crippen molar-refractivity contribution in [2.24, 2.45) is 5.73 Å². The van der Waals surface area contributed by atoms with E-state index in [9.17, 15) is 0 Å². The van der Waals surface area contributed by atoms with Crippen LogP contribution in [0.4, 0.5) is 0 Å². The minimum Gasteiger partial charge on any atom is -0.506 e. The van der Waals surface area contributed by atoms with Gasteiger partial charge in [-0.3, -0.25) is 0 Å². The lowest BCUT2D eigenvalue weighted by Gasteiger charge is -1.99. The van der Waals surface area contributed by atoms with Crippen molar-refractivity contribution in [3.8, 4) is 0 Å². The highest BCUT2D eigenvalue weighted by atomic mass is 16.3. The van der Waals surface area contributed by atoms with E-state index in [1.165, 1.54) is 0 Å². The molecular weight excluding hydrogens is 114 g/mol. The van der Waals surface area contributed by atoms with Gasteiger partial charge in [0.25, 0.3) is 0 Å². The highest BCUT2D eigenvalue weighted by Crippen LogP contribution is 2.04. The molecule has 0 unspecified atom stereocenters. The molecule has 0 atom stereocenters. The molecule has 2 nitrogen and oxygen atoms in total. The van der Waals surface area contributed by atoms with E-state index in [-0.39, 0.29) is 5.76 Å². The molecule has 2 heteroatoms. The first-order valence-electron chi connectivity index (χ1n) is 2.88. The summed E-state index contributed by atoms with van der Waals surface area (Å²) < 4.78 is 0. The fourth-order valence-corrected chi connectivity index (χ4v) is 0.425. The van der Waals surface area contributed by atoms with E-state index in [4.69, 9.17) is 10.8 Å². The number of rotatable bonds is 1. The van der Waals surface area contributed by atoms with Crippen molar-refractivity contribution < 1.29 is 5.11 Å². The zero-order valence-electron chi connectivity index (χ0n) is 6.10. The smallest absolute Gasteiger partial charge is 0.136 e. The van der Waals surface area contributed by atoms with Crippen LogP contribution in [0.5, 0.6) is 0 Å². The summed E-state index contributed by atoms with van der Waals surface area (Å²) in [5, 5.41) is 9.08. The van der Waals surface area contributed by atoms with Crippen LogP contribution in [0, 0.1) is 0 Å². The van der Waals surface area contributed by atoms with Gasteiger partial charge in [-0.25, -0.2) is 0 Å². The second kappa shape index (κ2) is 3.17. The molecule has 52 valence electrons. The maximum Gasteiger partial charge on any atom is 0.136 e. The van der Waals surface area contributed by atoms with Crippen molar-refractivity contribution in [1.82, 2.24) is 0 Å². The van der Waals surface area contributed by atoms with Gasteiger partial charge in [-0.15, -0.1) is 0 Å². The van der Waals surface area contributed by atoms with Gasteiger partial charge in [0.15, 0.2) is 0 Å². The minimum absolute atomic E-state index is 0.192. The average Bonchev–Trinajstić information content (AvgIpc) is 1.84. The van der Waals surface area contributed by atoms with Crippen LogP contribution in [0.15, 0.2) is 23.1 Å². The molecule has 0 fully saturated rings. The fourth-order valence-electron chi connectivity index (χ4n) is 0.425. The molecule has 0 aromatic heterocycles. The highest BCUT2D eigenvalue weighted by Gasteiger charge is 1.95. The number of allylic oxidation sites excluding steroid dienone is 2. The molecule has 0 aliphatic carbocycles. The van der Waals surface area contributed by atoms with Gasteiger partial charge in [-0.2, -0.15) is 0 Å². The zero-order valence-corrected chi connectivity index (χ0v) is 6.10. The number of hydrogen-bond donors (Lipinski definition) is 2. The first kappa shape index (κ1) is 8.08. The van der Waals surface area contributed by atoms with Crippen LogP contribution in [0.1, 0.15) is 20.8 Å². The van der Waals surface area contributed by atoms with E-state index in [0.29, 0.717) is 5.70 Å². The molecule has 9 heavy (non-hydrogen) atoms. The molecule has 0 rings (SSSR count). The van der Waals surface area contributed by atoms with Crippen LogP contribution >= 0.6 is 0 Å². The highest BCUT2D eigenvalue weighted by molar-refractivity contribution is 5.24. The Morgan fingerprint density at radius 1 is 1.44 bits per heavy atom. The minimum atomic E-state index is 0.192. The summed E-state index contributed by atoms with van der Waals surface area (Å²) in [6.07, 6.45) is 1.67. The third-order valence-electron chi connectivity index (χ3n) is 1.06. The number of nitrogens with two attached hydrogens (primary N) is 1. The van der Waals surface area contributed by atoms with Crippen LogP contribution in [0.2, 0.25) is 0 Å². The predicted octanol–water partition coefficient (Wildman–Crippen LogP) is 1.70. The number of aliphatic hydroxyl groups excluding tert-OH is 1. The zero-order chi connectivity index (χ0) is 7.44. The molecule has 0 saturated carbocycles. The van der Waals surface area contributed by atoms with Crippen molar-refractivity contribution in [3.05, 3.63) is 23.1 Å². The van der Waals surface area contributed by atoms with E-state index in [2.05, 4.69) is 0 Å². The lowest BCUT2D eigenvalue weighted by molar-refractivity contribution is 0.415. The monoisotopic (exact) mass is 127 g/mol. The summed E-state index contributed by atoms with van der Waals surface area (Å²) in [7, 11) is 0. The first-order chi connectivity index (χ1) is 4.09. The Morgan fingerprint density at radius 3 is 2.00 bits per heavy atom. The van der Waals surface area contributed by atoms with Gasteiger partial charge in [0, 0.05) is 0 Å². The molecule has 0 heterocycles. The molecule has 0 aliphatic rings. The Morgan fingerprint density at radius 2 is 1.89 bits per heavy atom. The SMILES string of the molecule is C/C=C(/N)C(O)=C(C)C. The molecule has 3 N–H and O–H groups in total. The lowest BCUT2D eigenvalue weighted by Crippen LogP contribution is -2.00. The fraction of sp³-hybridized carbons (Fsp3) is 0.429. The summed E-state index contributed by atoms with van der Waals surface area (Å²) in [5.41, 5.74) is 6.65. The van der Waals surface area contributed by atoms with Crippen LogP contribution in [0.25, 0.3) is 0 Å². The summed E-state index contributed by atoms with van der Waals surface area (Å²) in [4.78, 5) is 0. The Hall–Kier alpha value is -0.920. The quantitative estimate of drug-likeness (QED) is 0.416.